The van der Waals surface area contributed by atoms with Gasteiger partial charge < -0.3 is 9.73 Å². The number of hydrogen-bond acceptors (Lipinski definition) is 5. The highest BCUT2D eigenvalue weighted by atomic mass is 32.2. The van der Waals surface area contributed by atoms with E-state index in [4.69, 9.17) is 4.42 Å². The zero-order chi connectivity index (χ0) is 14.8. The Bertz CT molecular complexity index is 650. The van der Waals surface area contributed by atoms with E-state index in [2.05, 4.69) is 10.3 Å². The van der Waals surface area contributed by atoms with Gasteiger partial charge in [-0.15, -0.1) is 11.8 Å². The summed E-state index contributed by atoms with van der Waals surface area (Å²) in [6.45, 7) is 0.256. The van der Waals surface area contributed by atoms with Crippen molar-refractivity contribution in [2.75, 3.05) is 13.1 Å². The Morgan fingerprint density at radius 1 is 1.48 bits per heavy atom. The van der Waals surface area contributed by atoms with Crippen LogP contribution in [0.4, 0.5) is 4.79 Å². The van der Waals surface area contributed by atoms with Crippen molar-refractivity contribution in [3.05, 3.63) is 35.6 Å². The number of carbonyl (C=O) groups is 3. The summed E-state index contributed by atoms with van der Waals surface area (Å²) in [5.41, 5.74) is 0.885. The Morgan fingerprint density at radius 3 is 3.10 bits per heavy atom. The summed E-state index contributed by atoms with van der Waals surface area (Å²) in [5, 5.41) is 3.93. The molecule has 2 aliphatic rings. The first-order valence-electron chi connectivity index (χ1n) is 6.23. The van der Waals surface area contributed by atoms with E-state index in [9.17, 15) is 14.4 Å². The van der Waals surface area contributed by atoms with Gasteiger partial charge >= 0.3 is 6.03 Å². The molecule has 3 rings (SSSR count). The smallest absolute Gasteiger partial charge is 0.350 e. The number of rotatable bonds is 4. The molecule has 108 valence electrons. The molecule has 8 heteroatoms. The first kappa shape index (κ1) is 13.6. The molecule has 0 spiro atoms. The highest BCUT2D eigenvalue weighted by Crippen LogP contribution is 2.27. The van der Waals surface area contributed by atoms with Gasteiger partial charge in [-0.1, -0.05) is 0 Å². The molecule has 3 heterocycles. The Hall–Kier alpha value is -2.35. The average Bonchev–Trinajstić information content (AvgIpc) is 3.12. The number of furan rings is 1. The Morgan fingerprint density at radius 2 is 2.33 bits per heavy atom. The van der Waals surface area contributed by atoms with E-state index >= 15 is 0 Å². The van der Waals surface area contributed by atoms with Crippen LogP contribution in [0.3, 0.4) is 0 Å². The first-order chi connectivity index (χ1) is 10.2. The fourth-order valence-electron chi connectivity index (χ4n) is 2.01. The van der Waals surface area contributed by atoms with Crippen molar-refractivity contribution < 1.29 is 18.8 Å². The number of urea groups is 1. The van der Waals surface area contributed by atoms with Crippen LogP contribution in [-0.4, -0.2) is 46.8 Å². The molecule has 1 aromatic rings. The Labute approximate surface area is 124 Å². The van der Waals surface area contributed by atoms with Crippen LogP contribution in [-0.2, 0) is 4.79 Å². The van der Waals surface area contributed by atoms with E-state index < -0.39 is 11.3 Å². The third kappa shape index (κ3) is 2.62. The second kappa shape index (κ2) is 5.57. The lowest BCUT2D eigenvalue weighted by Gasteiger charge is -2.25. The van der Waals surface area contributed by atoms with E-state index in [0.29, 0.717) is 11.3 Å². The molecule has 21 heavy (non-hydrogen) atoms. The molecule has 2 aliphatic heterocycles. The van der Waals surface area contributed by atoms with E-state index in [1.165, 1.54) is 30.4 Å². The largest absolute Gasteiger partial charge is 0.472 e. The van der Waals surface area contributed by atoms with Gasteiger partial charge in [0.05, 0.1) is 17.5 Å². The predicted octanol–water partition coefficient (Wildman–Crippen LogP) is 1.04. The summed E-state index contributed by atoms with van der Waals surface area (Å²) in [6.07, 6.45) is 4.39. The molecule has 4 amide bonds. The van der Waals surface area contributed by atoms with Crippen molar-refractivity contribution in [2.45, 2.75) is 5.25 Å². The number of hydrogen-bond donors (Lipinski definition) is 1. The normalized spacial score (nSPS) is 20.5. The monoisotopic (exact) mass is 305 g/mol. The molecular formula is C13H11N3O4S. The number of carbonyl (C=O) groups excluding carboxylic acids is 3. The molecule has 0 fully saturated rings. The van der Waals surface area contributed by atoms with Gasteiger partial charge in [0, 0.05) is 13.1 Å². The number of thioether (sulfide) groups is 1. The van der Waals surface area contributed by atoms with Gasteiger partial charge in [-0.25, -0.2) is 4.79 Å². The Balaban J connectivity index is 1.57. The lowest BCUT2D eigenvalue weighted by molar-refractivity contribution is -0.126. The summed E-state index contributed by atoms with van der Waals surface area (Å²) in [4.78, 5) is 40.6. The van der Waals surface area contributed by atoms with E-state index in [1.54, 1.807) is 11.5 Å². The second-order valence-corrected chi connectivity index (χ2v) is 5.41. The fraction of sp³-hybridized carbons (Fsp3) is 0.231. The first-order valence-corrected chi connectivity index (χ1v) is 7.17. The zero-order valence-electron chi connectivity index (χ0n) is 10.8. The van der Waals surface area contributed by atoms with Crippen LogP contribution in [0.5, 0.6) is 0 Å². The highest BCUT2D eigenvalue weighted by molar-refractivity contribution is 8.04. The molecule has 0 bridgehead atoms. The maximum atomic E-state index is 12.2. The average molecular weight is 305 g/mol. The van der Waals surface area contributed by atoms with Crippen LogP contribution in [0.2, 0.25) is 0 Å². The summed E-state index contributed by atoms with van der Waals surface area (Å²) in [7, 11) is 0. The molecule has 1 atom stereocenters. The van der Waals surface area contributed by atoms with Gasteiger partial charge in [0.15, 0.2) is 0 Å². The fourth-order valence-corrected chi connectivity index (χ4v) is 2.90. The quantitative estimate of drug-likeness (QED) is 0.897. The number of nitrogens with zero attached hydrogens (tertiary/aromatic N) is 2. The molecule has 1 aromatic heterocycles. The maximum absolute atomic E-state index is 12.2. The molecule has 7 nitrogen and oxygen atoms in total. The minimum absolute atomic E-state index is 0.0924. The van der Waals surface area contributed by atoms with Crippen LogP contribution in [0.1, 0.15) is 10.4 Å². The maximum Gasteiger partial charge on any atom is 0.350 e. The van der Waals surface area contributed by atoms with Crippen molar-refractivity contribution in [3.8, 4) is 0 Å². The van der Waals surface area contributed by atoms with E-state index in [0.717, 1.165) is 4.90 Å². The van der Waals surface area contributed by atoms with Gasteiger partial charge in [-0.05, 0) is 17.6 Å². The number of amides is 4. The minimum Gasteiger partial charge on any atom is -0.472 e. The van der Waals surface area contributed by atoms with Crippen LogP contribution in [0, 0.1) is 0 Å². The second-order valence-electron chi connectivity index (χ2n) is 4.40. The molecule has 0 radical (unpaired) electrons. The molecule has 0 aliphatic carbocycles. The van der Waals surface area contributed by atoms with Crippen LogP contribution < -0.4 is 5.32 Å². The summed E-state index contributed by atoms with van der Waals surface area (Å²) in [6, 6.07) is 0.945. The third-order valence-corrected chi connectivity index (χ3v) is 4.08. The standard InChI is InChI=1S/C13H11N3O4S/c17-11(8-1-5-20-7-8)14-3-4-16-12(18)10-9(2-6-21-10)15-13(16)19/h1-2,5-7,10H,3-4H2,(H,14,17). The van der Waals surface area contributed by atoms with Crippen molar-refractivity contribution in [1.82, 2.24) is 10.2 Å². The zero-order valence-corrected chi connectivity index (χ0v) is 11.6. The Kier molecular flexibility index (Phi) is 3.61. The topological polar surface area (TPSA) is 92.0 Å². The lowest BCUT2D eigenvalue weighted by atomic mass is 10.2. The summed E-state index contributed by atoms with van der Waals surface area (Å²) in [5.74, 6) is -0.612. The SMILES string of the molecule is O=C(NCCN1C(=O)N=C2C=CSC2C1=O)c1ccoc1. The number of aliphatic imine (C=N–C) groups is 1. The van der Waals surface area contributed by atoms with E-state index in [-0.39, 0.29) is 24.9 Å². The number of allylic oxidation sites excluding steroid dienone is 1. The molecule has 0 saturated heterocycles. The van der Waals surface area contributed by atoms with Crippen molar-refractivity contribution in [2.24, 2.45) is 4.99 Å². The van der Waals surface area contributed by atoms with Gasteiger partial charge in [0.25, 0.3) is 5.91 Å². The molecule has 0 saturated carbocycles. The number of imide groups is 1. The van der Waals surface area contributed by atoms with Crippen molar-refractivity contribution >= 4 is 35.3 Å². The summed E-state index contributed by atoms with van der Waals surface area (Å²) < 4.78 is 4.81. The minimum atomic E-state index is -0.587. The third-order valence-electron chi connectivity index (χ3n) is 3.07. The molecule has 1 unspecified atom stereocenters. The summed E-state index contributed by atoms with van der Waals surface area (Å²) >= 11 is 1.32. The highest BCUT2D eigenvalue weighted by Gasteiger charge is 2.38. The van der Waals surface area contributed by atoms with Crippen LogP contribution in [0.25, 0.3) is 0 Å². The molecular weight excluding hydrogens is 294 g/mol. The van der Waals surface area contributed by atoms with Gasteiger partial charge in [0.1, 0.15) is 11.5 Å². The van der Waals surface area contributed by atoms with Crippen LogP contribution >= 0.6 is 11.8 Å². The number of nitrogens with one attached hydrogen (secondary N) is 1. The van der Waals surface area contributed by atoms with Gasteiger partial charge in [-0.3, -0.25) is 14.5 Å². The van der Waals surface area contributed by atoms with Gasteiger partial charge in [0.2, 0.25) is 5.91 Å². The van der Waals surface area contributed by atoms with Crippen molar-refractivity contribution in [3.63, 3.8) is 0 Å². The van der Waals surface area contributed by atoms with Crippen LogP contribution in [0.15, 0.2) is 39.5 Å². The van der Waals surface area contributed by atoms with E-state index in [1.807, 2.05) is 0 Å². The number of fused-ring (bicyclic) bond motifs is 1. The predicted molar refractivity (Wildman–Crippen MR) is 76.1 cm³/mol. The van der Waals surface area contributed by atoms with Crippen molar-refractivity contribution in [1.29, 1.82) is 0 Å². The lowest BCUT2D eigenvalue weighted by Crippen LogP contribution is -2.49. The molecule has 0 aromatic carbocycles. The van der Waals surface area contributed by atoms with Gasteiger partial charge in [-0.2, -0.15) is 4.99 Å². The molecule has 1 N–H and O–H groups in total.